The summed E-state index contributed by atoms with van der Waals surface area (Å²) in [6.07, 6.45) is 13.9. The van der Waals surface area contributed by atoms with Crippen LogP contribution in [0.1, 0.15) is 50.4 Å². The minimum atomic E-state index is -1.13. The van der Waals surface area contributed by atoms with E-state index < -0.39 is 28.9 Å². The van der Waals surface area contributed by atoms with Crippen LogP contribution in [0.3, 0.4) is 0 Å². The predicted octanol–water partition coefficient (Wildman–Crippen LogP) is 6.35. The van der Waals surface area contributed by atoms with E-state index in [1.54, 1.807) is 30.4 Å². The van der Waals surface area contributed by atoms with Crippen LogP contribution in [0.4, 0.5) is 19.0 Å². The number of aromatic hydroxyl groups is 1. The molecule has 1 saturated heterocycles. The number of aromatic nitrogens is 5. The number of alkyl halides is 1. The van der Waals surface area contributed by atoms with Gasteiger partial charge in [-0.25, -0.2) is 23.1 Å². The van der Waals surface area contributed by atoms with Gasteiger partial charge in [-0.2, -0.15) is 9.97 Å². The Kier molecular flexibility index (Phi) is 9.85. The van der Waals surface area contributed by atoms with Crippen molar-refractivity contribution in [2.45, 2.75) is 62.8 Å². The van der Waals surface area contributed by atoms with E-state index in [0.29, 0.717) is 11.2 Å². The van der Waals surface area contributed by atoms with Crippen molar-refractivity contribution in [1.29, 1.82) is 0 Å². The molecule has 4 heterocycles. The molecule has 0 bridgehead atoms. The molecule has 11 nitrogen and oxygen atoms in total. The van der Waals surface area contributed by atoms with Crippen LogP contribution in [0.15, 0.2) is 61.6 Å². The molecule has 0 spiro atoms. The third-order valence-corrected chi connectivity index (χ3v) is 10.8. The maximum atomic E-state index is 17.0. The van der Waals surface area contributed by atoms with Crippen molar-refractivity contribution < 1.29 is 27.8 Å². The Morgan fingerprint density at radius 1 is 1.20 bits per heavy atom. The normalized spacial score (nSPS) is 19.5. The lowest BCUT2D eigenvalue weighted by Gasteiger charge is -2.38. The number of likely N-dealkylation sites (N-methyl/N-ethyl adjacent to an activating group) is 1. The number of benzene rings is 2. The van der Waals surface area contributed by atoms with E-state index in [1.807, 2.05) is 11.8 Å². The Morgan fingerprint density at radius 3 is 2.69 bits per heavy atom. The van der Waals surface area contributed by atoms with Gasteiger partial charge in [0.25, 0.3) is 0 Å². The van der Waals surface area contributed by atoms with Gasteiger partial charge < -0.3 is 20.1 Å². The molecule has 14 heteroatoms. The van der Waals surface area contributed by atoms with Gasteiger partial charge in [-0.1, -0.05) is 31.4 Å². The fourth-order valence-electron chi connectivity index (χ4n) is 7.80. The Balaban J connectivity index is 1.31. The van der Waals surface area contributed by atoms with Gasteiger partial charge in [-0.3, -0.25) is 14.7 Å². The number of carbonyl (C=O) groups excluding carboxylic acids is 1. The number of terminal acetylenes is 1. The molecule has 0 unspecified atom stereocenters. The van der Waals surface area contributed by atoms with Crippen molar-refractivity contribution in [2.75, 3.05) is 32.1 Å². The van der Waals surface area contributed by atoms with Crippen molar-refractivity contribution >= 4 is 33.4 Å². The lowest BCUT2D eigenvalue weighted by atomic mass is 9.95. The molecule has 2 aromatic carbocycles. The molecule has 3 aromatic heterocycles. The van der Waals surface area contributed by atoms with Crippen molar-refractivity contribution in [3.63, 3.8) is 0 Å². The van der Waals surface area contributed by atoms with Crippen LogP contribution in [0.25, 0.3) is 32.9 Å². The fraction of sp³-hybridized carbons (Fsp3) is 0.350. The first-order valence-corrected chi connectivity index (χ1v) is 17.7. The van der Waals surface area contributed by atoms with E-state index in [4.69, 9.17) is 11.2 Å². The number of rotatable bonds is 11. The van der Waals surface area contributed by atoms with Gasteiger partial charge in [0.1, 0.15) is 47.2 Å². The summed E-state index contributed by atoms with van der Waals surface area (Å²) < 4.78 is 53.1. The molecule has 278 valence electrons. The van der Waals surface area contributed by atoms with Crippen LogP contribution < -0.4 is 10.1 Å². The van der Waals surface area contributed by atoms with Crippen LogP contribution >= 0.6 is 0 Å². The van der Waals surface area contributed by atoms with E-state index in [2.05, 4.69) is 42.7 Å². The van der Waals surface area contributed by atoms with Gasteiger partial charge in [-0.15, -0.1) is 6.42 Å². The molecule has 0 radical (unpaired) electrons. The highest BCUT2D eigenvalue weighted by Crippen LogP contribution is 2.40. The zero-order valence-corrected chi connectivity index (χ0v) is 30.0. The van der Waals surface area contributed by atoms with E-state index in [9.17, 15) is 18.7 Å². The summed E-state index contributed by atoms with van der Waals surface area (Å²) in [6.45, 7) is 6.16. The fourth-order valence-corrected chi connectivity index (χ4v) is 7.80. The SMILES string of the molecule is C#Cc1c(F)ccc2cc(O)cc(-c3ncc4c(NCC5(N(C)C(=O)C=C)CCCC5)nc(OC[C@]5(C)C[C@@H](F)CN5Cc5ncccn5)nc4c3F)c12. The van der Waals surface area contributed by atoms with Gasteiger partial charge in [0.05, 0.1) is 28.6 Å². The first-order valence-electron chi connectivity index (χ1n) is 17.7. The molecule has 2 N–H and O–H groups in total. The van der Waals surface area contributed by atoms with E-state index in [1.165, 1.54) is 36.5 Å². The van der Waals surface area contributed by atoms with Crippen LogP contribution in [0, 0.1) is 24.0 Å². The van der Waals surface area contributed by atoms with Gasteiger partial charge in [0.2, 0.25) is 5.91 Å². The number of fused-ring (bicyclic) bond motifs is 2. The number of phenols is 1. The number of halogens is 3. The molecule has 2 aliphatic rings. The summed E-state index contributed by atoms with van der Waals surface area (Å²) in [5, 5.41) is 14.7. The van der Waals surface area contributed by atoms with Gasteiger partial charge in [0.15, 0.2) is 5.82 Å². The minimum Gasteiger partial charge on any atom is -0.508 e. The third-order valence-electron chi connectivity index (χ3n) is 10.8. The summed E-state index contributed by atoms with van der Waals surface area (Å²) >= 11 is 0. The van der Waals surface area contributed by atoms with Crippen LogP contribution in [0.5, 0.6) is 11.8 Å². The summed E-state index contributed by atoms with van der Waals surface area (Å²) in [7, 11) is 1.73. The summed E-state index contributed by atoms with van der Waals surface area (Å²) in [4.78, 5) is 38.5. The molecule has 7 rings (SSSR count). The Bertz CT molecular complexity index is 2300. The number of likely N-dealkylation sites (tertiary alicyclic amines) is 1. The second-order valence-corrected chi connectivity index (χ2v) is 14.2. The number of carbonyl (C=O) groups is 1. The molecule has 2 fully saturated rings. The van der Waals surface area contributed by atoms with Crippen molar-refractivity contribution in [3.8, 4) is 35.4 Å². The average molecular weight is 737 g/mol. The van der Waals surface area contributed by atoms with E-state index in [-0.39, 0.29) is 89.3 Å². The predicted molar refractivity (Wildman–Crippen MR) is 198 cm³/mol. The smallest absolute Gasteiger partial charge is 0.319 e. The number of nitrogens with zero attached hydrogens (tertiary/aromatic N) is 7. The highest BCUT2D eigenvalue weighted by molar-refractivity contribution is 6.03. The monoisotopic (exact) mass is 736 g/mol. The Hall–Kier alpha value is -5.81. The maximum Gasteiger partial charge on any atom is 0.319 e. The van der Waals surface area contributed by atoms with Crippen molar-refractivity contribution in [3.05, 3.63) is 84.6 Å². The molecule has 1 aliphatic heterocycles. The highest BCUT2D eigenvalue weighted by atomic mass is 19.1. The summed E-state index contributed by atoms with van der Waals surface area (Å²) in [5.41, 5.74) is -1.84. The van der Waals surface area contributed by atoms with Gasteiger partial charge in [-0.05, 0) is 55.5 Å². The molecule has 1 amide bonds. The van der Waals surface area contributed by atoms with Crippen LogP contribution in [-0.4, -0.2) is 89.7 Å². The number of amides is 1. The van der Waals surface area contributed by atoms with E-state index in [0.717, 1.165) is 25.7 Å². The number of nitrogens with one attached hydrogen (secondary N) is 1. The second-order valence-electron chi connectivity index (χ2n) is 14.2. The molecule has 1 saturated carbocycles. The largest absolute Gasteiger partial charge is 0.508 e. The number of phenolic OH excluding ortho intramolecular Hbond substituents is 1. The first kappa shape index (κ1) is 36.5. The lowest BCUT2D eigenvalue weighted by molar-refractivity contribution is -0.129. The number of pyridine rings is 1. The Labute approximate surface area is 310 Å². The minimum absolute atomic E-state index is 0.0483. The van der Waals surface area contributed by atoms with Crippen molar-refractivity contribution in [2.24, 2.45) is 0 Å². The molecule has 54 heavy (non-hydrogen) atoms. The van der Waals surface area contributed by atoms with Crippen LogP contribution in [0.2, 0.25) is 0 Å². The molecular formula is C40H39F3N8O3. The average Bonchev–Trinajstić information content (AvgIpc) is 3.76. The molecule has 2 atom stereocenters. The molecular weight excluding hydrogens is 697 g/mol. The number of anilines is 1. The standard InChI is InChI=1S/C40H39F3N8O3/c1-5-27-30(42)11-10-24-16-26(52)17-28(33(24)27)35-34(43)36-29(19-46-35)37(47-22-40(12-7-8-13-40)50(4)32(53)6-2)49-38(48-36)54-23-39(3)18-25(41)20-51(39)21-31-44-14-9-15-45-31/h1,6,9-11,14-17,19,25,52H,2,7-8,12-13,18,20-23H2,3-4H3,(H,47,48,49)/t25-,39+/m1/s1. The quantitative estimate of drug-likeness (QED) is 0.117. The zero-order valence-electron chi connectivity index (χ0n) is 30.0. The van der Waals surface area contributed by atoms with Gasteiger partial charge in [0, 0.05) is 56.1 Å². The second kappa shape index (κ2) is 14.5. The molecule has 5 aromatic rings. The Morgan fingerprint density at radius 2 is 1.96 bits per heavy atom. The number of hydrogen-bond acceptors (Lipinski definition) is 10. The van der Waals surface area contributed by atoms with Gasteiger partial charge >= 0.3 is 6.01 Å². The number of ether oxygens (including phenoxy) is 1. The number of hydrogen-bond donors (Lipinski definition) is 2. The summed E-state index contributed by atoms with van der Waals surface area (Å²) in [6, 6.07) is 6.81. The maximum absolute atomic E-state index is 17.0. The van der Waals surface area contributed by atoms with E-state index >= 15 is 4.39 Å². The highest BCUT2D eigenvalue weighted by Gasteiger charge is 2.44. The molecule has 1 aliphatic carbocycles. The lowest BCUT2D eigenvalue weighted by Crippen LogP contribution is -2.51. The zero-order chi connectivity index (χ0) is 38.2. The third kappa shape index (κ3) is 6.75. The van der Waals surface area contributed by atoms with Crippen molar-refractivity contribution in [1.82, 2.24) is 34.7 Å². The topological polar surface area (TPSA) is 129 Å². The first-order chi connectivity index (χ1) is 25.9. The summed E-state index contributed by atoms with van der Waals surface area (Å²) in [5.74, 6) is 1.06. The van der Waals surface area contributed by atoms with Crippen LogP contribution in [-0.2, 0) is 11.3 Å².